The number of rotatable bonds is 6. The van der Waals surface area contributed by atoms with E-state index < -0.39 is 0 Å². The number of carbonyl (C=O) groups is 1. The van der Waals surface area contributed by atoms with Gasteiger partial charge in [-0.1, -0.05) is 6.92 Å². The smallest absolute Gasteiger partial charge is 0.308 e. The highest BCUT2D eigenvalue weighted by atomic mass is 16.5. The van der Waals surface area contributed by atoms with Gasteiger partial charge < -0.3 is 15.0 Å². The number of likely N-dealkylation sites (tertiary alicyclic amines) is 1. The maximum atomic E-state index is 11.3. The first-order valence-corrected chi connectivity index (χ1v) is 6.28. The molecular formula is C12H24N2O2. The van der Waals surface area contributed by atoms with Crippen LogP contribution in [0.15, 0.2) is 0 Å². The van der Waals surface area contributed by atoms with E-state index in [1.807, 2.05) is 0 Å². The topological polar surface area (TPSA) is 41.6 Å². The maximum Gasteiger partial charge on any atom is 0.308 e. The van der Waals surface area contributed by atoms with Gasteiger partial charge >= 0.3 is 5.97 Å². The summed E-state index contributed by atoms with van der Waals surface area (Å²) in [6.07, 6.45) is 3.10. The van der Waals surface area contributed by atoms with Crippen molar-refractivity contribution in [1.29, 1.82) is 0 Å². The number of nitrogens with one attached hydrogen (secondary N) is 1. The lowest BCUT2D eigenvalue weighted by atomic mass is 9.97. The molecule has 1 aliphatic rings. The van der Waals surface area contributed by atoms with Crippen LogP contribution in [0.2, 0.25) is 0 Å². The van der Waals surface area contributed by atoms with Gasteiger partial charge in [-0.3, -0.25) is 4.79 Å². The Labute approximate surface area is 98.3 Å². The molecule has 1 heterocycles. The Morgan fingerprint density at radius 3 is 2.69 bits per heavy atom. The number of esters is 1. The monoisotopic (exact) mass is 228 g/mol. The number of carbonyl (C=O) groups excluding carboxylic acids is 1. The normalized spacial score (nSPS) is 18.6. The van der Waals surface area contributed by atoms with Crippen LogP contribution in [0.4, 0.5) is 0 Å². The summed E-state index contributed by atoms with van der Waals surface area (Å²) in [5.41, 5.74) is 0. The predicted molar refractivity (Wildman–Crippen MR) is 64.3 cm³/mol. The third-order valence-electron chi connectivity index (χ3n) is 3.20. The molecule has 0 aromatic heterocycles. The lowest BCUT2D eigenvalue weighted by Crippen LogP contribution is -2.38. The van der Waals surface area contributed by atoms with Gasteiger partial charge in [0.1, 0.15) is 0 Å². The average molecular weight is 228 g/mol. The van der Waals surface area contributed by atoms with Gasteiger partial charge in [-0.05, 0) is 52.0 Å². The number of hydrogen-bond acceptors (Lipinski definition) is 4. The fraction of sp³-hybridized carbons (Fsp3) is 0.917. The van der Waals surface area contributed by atoms with E-state index in [4.69, 9.17) is 4.74 Å². The van der Waals surface area contributed by atoms with Crippen molar-refractivity contribution in [2.45, 2.75) is 26.2 Å². The van der Waals surface area contributed by atoms with Crippen molar-refractivity contribution in [2.75, 3.05) is 39.8 Å². The summed E-state index contributed by atoms with van der Waals surface area (Å²) in [5, 5.41) is 3.32. The zero-order chi connectivity index (χ0) is 11.8. The highest BCUT2D eigenvalue weighted by Gasteiger charge is 2.24. The molecule has 1 saturated heterocycles. The van der Waals surface area contributed by atoms with Crippen molar-refractivity contribution in [3.05, 3.63) is 0 Å². The molecule has 4 nitrogen and oxygen atoms in total. The molecule has 1 aliphatic heterocycles. The summed E-state index contributed by atoms with van der Waals surface area (Å²) in [5.74, 6) is 0.0994. The summed E-state index contributed by atoms with van der Waals surface area (Å²) in [7, 11) is 1.48. The molecule has 1 N–H and O–H groups in total. The Hall–Kier alpha value is -0.610. The van der Waals surface area contributed by atoms with Crippen LogP contribution < -0.4 is 5.32 Å². The molecule has 0 aromatic rings. The Morgan fingerprint density at radius 2 is 2.12 bits per heavy atom. The van der Waals surface area contributed by atoms with Crippen molar-refractivity contribution in [3.8, 4) is 0 Å². The van der Waals surface area contributed by atoms with Crippen LogP contribution in [0.25, 0.3) is 0 Å². The van der Waals surface area contributed by atoms with Gasteiger partial charge in [0.05, 0.1) is 13.0 Å². The second kappa shape index (κ2) is 7.63. The second-order valence-electron chi connectivity index (χ2n) is 4.35. The molecule has 0 radical (unpaired) electrons. The second-order valence-corrected chi connectivity index (χ2v) is 4.35. The van der Waals surface area contributed by atoms with Gasteiger partial charge in [-0.15, -0.1) is 0 Å². The highest BCUT2D eigenvalue weighted by molar-refractivity contribution is 5.72. The zero-order valence-corrected chi connectivity index (χ0v) is 10.5. The quantitative estimate of drug-likeness (QED) is 0.541. The van der Waals surface area contributed by atoms with E-state index in [1.165, 1.54) is 13.5 Å². The fourth-order valence-electron chi connectivity index (χ4n) is 2.16. The van der Waals surface area contributed by atoms with Gasteiger partial charge in [0.2, 0.25) is 0 Å². The Bertz CT molecular complexity index is 201. The minimum Gasteiger partial charge on any atom is -0.469 e. The Kier molecular flexibility index (Phi) is 6.42. The molecule has 1 rings (SSSR count). The molecule has 0 aliphatic carbocycles. The molecule has 4 heteroatoms. The minimum absolute atomic E-state index is 0.0349. The van der Waals surface area contributed by atoms with Crippen LogP contribution in [-0.4, -0.2) is 50.7 Å². The lowest BCUT2D eigenvalue weighted by Gasteiger charge is -2.30. The standard InChI is InChI=1S/C12H24N2O2/c1-3-13-7-4-8-14-9-5-11(6-10-14)12(15)16-2/h11,13H,3-10H2,1-2H3. The molecule has 0 unspecified atom stereocenters. The first kappa shape index (κ1) is 13.5. The summed E-state index contributed by atoms with van der Waals surface area (Å²) in [6, 6.07) is 0. The first-order valence-electron chi connectivity index (χ1n) is 6.28. The highest BCUT2D eigenvalue weighted by Crippen LogP contribution is 2.18. The Morgan fingerprint density at radius 1 is 1.44 bits per heavy atom. The first-order chi connectivity index (χ1) is 7.77. The number of hydrogen-bond donors (Lipinski definition) is 1. The molecule has 0 aromatic carbocycles. The fourth-order valence-corrected chi connectivity index (χ4v) is 2.16. The molecule has 0 bridgehead atoms. The van der Waals surface area contributed by atoms with E-state index in [0.717, 1.165) is 45.6 Å². The molecule has 0 spiro atoms. The number of methoxy groups -OCH3 is 1. The number of ether oxygens (including phenoxy) is 1. The van der Waals surface area contributed by atoms with Crippen LogP contribution in [0.5, 0.6) is 0 Å². The molecule has 0 atom stereocenters. The van der Waals surface area contributed by atoms with E-state index in [0.29, 0.717) is 0 Å². The van der Waals surface area contributed by atoms with Crippen LogP contribution in [0, 0.1) is 5.92 Å². The lowest BCUT2D eigenvalue weighted by molar-refractivity contribution is -0.147. The van der Waals surface area contributed by atoms with E-state index in [1.54, 1.807) is 0 Å². The van der Waals surface area contributed by atoms with Crippen molar-refractivity contribution in [3.63, 3.8) is 0 Å². The van der Waals surface area contributed by atoms with Crippen LogP contribution in [0.1, 0.15) is 26.2 Å². The van der Waals surface area contributed by atoms with E-state index in [9.17, 15) is 4.79 Å². The summed E-state index contributed by atoms with van der Waals surface area (Å²) in [6.45, 7) is 7.47. The van der Waals surface area contributed by atoms with Gasteiger partial charge in [0.25, 0.3) is 0 Å². The molecule has 0 saturated carbocycles. The van der Waals surface area contributed by atoms with Crippen molar-refractivity contribution < 1.29 is 9.53 Å². The zero-order valence-electron chi connectivity index (χ0n) is 10.5. The van der Waals surface area contributed by atoms with Crippen molar-refractivity contribution in [2.24, 2.45) is 5.92 Å². The van der Waals surface area contributed by atoms with Gasteiger partial charge in [-0.2, -0.15) is 0 Å². The summed E-state index contributed by atoms with van der Waals surface area (Å²) >= 11 is 0. The van der Waals surface area contributed by atoms with Crippen molar-refractivity contribution >= 4 is 5.97 Å². The predicted octanol–water partition coefficient (Wildman–Crippen LogP) is 0.871. The number of piperidine rings is 1. The van der Waals surface area contributed by atoms with Crippen LogP contribution >= 0.6 is 0 Å². The molecule has 0 amide bonds. The van der Waals surface area contributed by atoms with E-state index in [-0.39, 0.29) is 11.9 Å². The van der Waals surface area contributed by atoms with Crippen molar-refractivity contribution in [1.82, 2.24) is 10.2 Å². The third-order valence-corrected chi connectivity index (χ3v) is 3.20. The molecule has 1 fully saturated rings. The summed E-state index contributed by atoms with van der Waals surface area (Å²) in [4.78, 5) is 13.8. The largest absolute Gasteiger partial charge is 0.469 e. The number of nitrogens with zero attached hydrogens (tertiary/aromatic N) is 1. The van der Waals surface area contributed by atoms with Crippen LogP contribution in [-0.2, 0) is 9.53 Å². The molecular weight excluding hydrogens is 204 g/mol. The van der Waals surface area contributed by atoms with Gasteiger partial charge in [0, 0.05) is 0 Å². The minimum atomic E-state index is -0.0349. The Balaban J connectivity index is 2.10. The average Bonchev–Trinajstić information content (AvgIpc) is 2.34. The van der Waals surface area contributed by atoms with Gasteiger partial charge in [0.15, 0.2) is 0 Å². The van der Waals surface area contributed by atoms with E-state index >= 15 is 0 Å². The van der Waals surface area contributed by atoms with Crippen LogP contribution in [0.3, 0.4) is 0 Å². The SMILES string of the molecule is CCNCCCN1CCC(C(=O)OC)CC1. The maximum absolute atomic E-state index is 11.3. The van der Waals surface area contributed by atoms with E-state index in [2.05, 4.69) is 17.1 Å². The third kappa shape index (κ3) is 4.49. The molecule has 16 heavy (non-hydrogen) atoms. The molecule has 94 valence electrons. The summed E-state index contributed by atoms with van der Waals surface area (Å²) < 4.78 is 4.77. The van der Waals surface area contributed by atoms with Gasteiger partial charge in [-0.25, -0.2) is 0 Å².